The Morgan fingerprint density at radius 3 is 2.26 bits per heavy atom. The lowest BCUT2D eigenvalue weighted by molar-refractivity contribution is -0.120. The van der Waals surface area contributed by atoms with Gasteiger partial charge >= 0.3 is 0 Å². The van der Waals surface area contributed by atoms with Gasteiger partial charge in [-0.2, -0.15) is 0 Å². The normalized spacial score (nSPS) is 13.5. The van der Waals surface area contributed by atoms with Crippen molar-refractivity contribution in [2.45, 2.75) is 27.7 Å². The quantitative estimate of drug-likeness (QED) is 0.481. The number of imide groups is 1. The van der Waals surface area contributed by atoms with Gasteiger partial charge in [0.05, 0.1) is 30.7 Å². The van der Waals surface area contributed by atoms with Gasteiger partial charge in [-0.15, -0.1) is 0 Å². The number of hydrogen-bond donors (Lipinski definition) is 1. The Hall–Kier alpha value is -4.06. The van der Waals surface area contributed by atoms with Crippen molar-refractivity contribution in [3.05, 3.63) is 88.6 Å². The van der Waals surface area contributed by atoms with E-state index >= 15 is 0 Å². The lowest BCUT2D eigenvalue weighted by atomic mass is 9.97. The van der Waals surface area contributed by atoms with Gasteiger partial charge in [-0.1, -0.05) is 42.0 Å². The van der Waals surface area contributed by atoms with Crippen LogP contribution in [0.4, 0.5) is 11.4 Å². The molecular formula is C28H28N2O4. The number of ether oxygens (including phenoxy) is 2. The molecule has 174 valence electrons. The van der Waals surface area contributed by atoms with Gasteiger partial charge in [0, 0.05) is 0 Å². The third-order valence-electron chi connectivity index (χ3n) is 5.76. The molecule has 0 aromatic heterocycles. The molecule has 0 unspecified atom stereocenters. The Kier molecular flexibility index (Phi) is 6.41. The minimum absolute atomic E-state index is 0.201. The molecule has 0 bridgehead atoms. The third-order valence-corrected chi connectivity index (χ3v) is 5.76. The van der Waals surface area contributed by atoms with Crippen LogP contribution < -0.4 is 19.7 Å². The smallest absolute Gasteiger partial charge is 0.282 e. The van der Waals surface area contributed by atoms with E-state index in [-0.39, 0.29) is 5.70 Å². The highest BCUT2D eigenvalue weighted by Crippen LogP contribution is 2.39. The fourth-order valence-corrected chi connectivity index (χ4v) is 4.18. The van der Waals surface area contributed by atoms with E-state index < -0.39 is 11.8 Å². The topological polar surface area (TPSA) is 67.9 Å². The Morgan fingerprint density at radius 2 is 1.56 bits per heavy atom. The predicted octanol–water partition coefficient (Wildman–Crippen LogP) is 5.42. The summed E-state index contributed by atoms with van der Waals surface area (Å²) in [5.74, 6) is 0.196. The molecule has 6 nitrogen and oxygen atoms in total. The van der Waals surface area contributed by atoms with Crippen molar-refractivity contribution in [2.24, 2.45) is 0 Å². The van der Waals surface area contributed by atoms with E-state index in [9.17, 15) is 9.59 Å². The maximum atomic E-state index is 13.9. The number of anilines is 2. The van der Waals surface area contributed by atoms with Gasteiger partial charge in [0.15, 0.2) is 0 Å². The summed E-state index contributed by atoms with van der Waals surface area (Å²) in [6, 6.07) is 18.5. The van der Waals surface area contributed by atoms with Crippen LogP contribution in [0.5, 0.6) is 11.5 Å². The zero-order chi connectivity index (χ0) is 24.4. The Labute approximate surface area is 199 Å². The van der Waals surface area contributed by atoms with Gasteiger partial charge in [0.25, 0.3) is 11.8 Å². The molecule has 3 aromatic carbocycles. The number of rotatable bonds is 7. The molecule has 0 radical (unpaired) electrons. The van der Waals surface area contributed by atoms with Crippen LogP contribution in [0.2, 0.25) is 0 Å². The minimum Gasteiger partial charge on any atom is -0.495 e. The fraction of sp³-hybridized carbons (Fsp3) is 0.214. The van der Waals surface area contributed by atoms with Gasteiger partial charge in [-0.25, -0.2) is 4.90 Å². The lowest BCUT2D eigenvalue weighted by Gasteiger charge is -2.19. The monoisotopic (exact) mass is 456 g/mol. The van der Waals surface area contributed by atoms with Gasteiger partial charge in [-0.05, 0) is 68.7 Å². The first kappa shape index (κ1) is 23.1. The largest absolute Gasteiger partial charge is 0.495 e. The first-order chi connectivity index (χ1) is 16.3. The van der Waals surface area contributed by atoms with E-state index in [1.165, 1.54) is 4.90 Å². The van der Waals surface area contributed by atoms with E-state index in [1.807, 2.05) is 70.2 Å². The summed E-state index contributed by atoms with van der Waals surface area (Å²) in [7, 11) is 1.57. The van der Waals surface area contributed by atoms with Crippen LogP contribution in [-0.4, -0.2) is 25.5 Å². The maximum absolute atomic E-state index is 13.9. The van der Waals surface area contributed by atoms with Crippen molar-refractivity contribution in [3.8, 4) is 11.5 Å². The number of methoxy groups -OCH3 is 1. The number of aryl methyl sites for hydroxylation is 3. The fourth-order valence-electron chi connectivity index (χ4n) is 4.18. The zero-order valence-electron chi connectivity index (χ0n) is 20.1. The van der Waals surface area contributed by atoms with Gasteiger partial charge in [0.1, 0.15) is 17.2 Å². The SMILES string of the molecule is CCOc1ccccc1N1C(=O)C(Nc2cc(C)ccc2OC)=C(c2ccc(C)cc2C)C1=O. The minimum atomic E-state index is -0.448. The number of carbonyl (C=O) groups is 2. The molecule has 1 N–H and O–H groups in total. The van der Waals surface area contributed by atoms with Gasteiger partial charge in [-0.3, -0.25) is 9.59 Å². The number of hydrogen-bond acceptors (Lipinski definition) is 5. The van der Waals surface area contributed by atoms with Crippen molar-refractivity contribution in [1.29, 1.82) is 0 Å². The first-order valence-corrected chi connectivity index (χ1v) is 11.2. The number of benzene rings is 3. The number of nitrogens with one attached hydrogen (secondary N) is 1. The highest BCUT2D eigenvalue weighted by molar-refractivity contribution is 6.46. The number of carbonyl (C=O) groups excluding carboxylic acids is 2. The molecule has 0 fully saturated rings. The second kappa shape index (κ2) is 9.43. The summed E-state index contributed by atoms with van der Waals surface area (Å²) in [6.07, 6.45) is 0. The summed E-state index contributed by atoms with van der Waals surface area (Å²) in [4.78, 5) is 28.8. The van der Waals surface area contributed by atoms with Crippen molar-refractivity contribution >= 4 is 28.8 Å². The molecule has 0 saturated heterocycles. The Morgan fingerprint density at radius 1 is 0.853 bits per heavy atom. The van der Waals surface area contributed by atoms with Gasteiger partial charge in [0.2, 0.25) is 0 Å². The molecular weight excluding hydrogens is 428 g/mol. The number of para-hydroxylation sites is 2. The van der Waals surface area contributed by atoms with Crippen LogP contribution in [0, 0.1) is 20.8 Å². The summed E-state index contributed by atoms with van der Waals surface area (Å²) < 4.78 is 11.2. The van der Waals surface area contributed by atoms with Crippen LogP contribution in [0.25, 0.3) is 5.57 Å². The van der Waals surface area contributed by atoms with E-state index in [0.29, 0.717) is 40.6 Å². The van der Waals surface area contributed by atoms with Crippen molar-refractivity contribution in [3.63, 3.8) is 0 Å². The van der Waals surface area contributed by atoms with Crippen LogP contribution >= 0.6 is 0 Å². The summed E-state index contributed by atoms with van der Waals surface area (Å²) in [5.41, 5.74) is 5.22. The maximum Gasteiger partial charge on any atom is 0.282 e. The molecule has 2 amide bonds. The highest BCUT2D eigenvalue weighted by Gasteiger charge is 2.42. The third kappa shape index (κ3) is 4.15. The summed E-state index contributed by atoms with van der Waals surface area (Å²) >= 11 is 0. The van der Waals surface area contributed by atoms with Crippen molar-refractivity contribution in [2.75, 3.05) is 23.9 Å². The molecule has 1 heterocycles. The van der Waals surface area contributed by atoms with Crippen LogP contribution in [0.3, 0.4) is 0 Å². The molecule has 4 rings (SSSR count). The zero-order valence-corrected chi connectivity index (χ0v) is 20.1. The molecule has 3 aromatic rings. The molecule has 34 heavy (non-hydrogen) atoms. The van der Waals surface area contributed by atoms with Crippen LogP contribution in [0.1, 0.15) is 29.2 Å². The Balaban J connectivity index is 1.90. The van der Waals surface area contributed by atoms with Crippen molar-refractivity contribution in [1.82, 2.24) is 0 Å². The van der Waals surface area contributed by atoms with Gasteiger partial charge < -0.3 is 14.8 Å². The highest BCUT2D eigenvalue weighted by atomic mass is 16.5. The summed E-state index contributed by atoms with van der Waals surface area (Å²) in [6.45, 7) is 8.16. The predicted molar refractivity (Wildman–Crippen MR) is 134 cm³/mol. The average Bonchev–Trinajstić information content (AvgIpc) is 3.04. The number of amides is 2. The Bertz CT molecular complexity index is 1310. The van der Waals surface area contributed by atoms with E-state index in [2.05, 4.69) is 5.32 Å². The van der Waals surface area contributed by atoms with E-state index in [4.69, 9.17) is 9.47 Å². The standard InChI is InChI=1S/C28H28N2O4/c1-6-34-24-10-8-7-9-22(24)30-27(31)25(20-13-11-17(2)15-19(20)4)26(28(30)32)29-21-16-18(3)12-14-23(21)33-5/h7-16,29H,6H2,1-5H3. The van der Waals surface area contributed by atoms with Crippen LogP contribution in [0.15, 0.2) is 66.4 Å². The number of nitrogens with zero attached hydrogens (tertiary/aromatic N) is 1. The second-order valence-corrected chi connectivity index (χ2v) is 8.24. The second-order valence-electron chi connectivity index (χ2n) is 8.24. The molecule has 0 aliphatic carbocycles. The van der Waals surface area contributed by atoms with Crippen LogP contribution in [-0.2, 0) is 9.59 Å². The average molecular weight is 457 g/mol. The summed E-state index contributed by atoms with van der Waals surface area (Å²) in [5, 5.41) is 3.22. The molecule has 0 atom stereocenters. The molecule has 1 aliphatic heterocycles. The molecule has 0 spiro atoms. The van der Waals surface area contributed by atoms with E-state index in [1.54, 1.807) is 25.3 Å². The molecule has 6 heteroatoms. The molecule has 0 saturated carbocycles. The van der Waals surface area contributed by atoms with E-state index in [0.717, 1.165) is 16.7 Å². The van der Waals surface area contributed by atoms with Crippen molar-refractivity contribution < 1.29 is 19.1 Å². The molecule has 1 aliphatic rings. The lowest BCUT2D eigenvalue weighted by Crippen LogP contribution is -2.32. The first-order valence-electron chi connectivity index (χ1n) is 11.2.